The molecular weight excluding hydrogens is 167 g/mol. The minimum absolute atomic E-state index is 0.207. The number of rotatable bonds is 3. The molecule has 3 heterocycles. The second-order valence-electron chi connectivity index (χ2n) is 2.84. The zero-order chi connectivity index (χ0) is 8.11. The first-order valence-electron chi connectivity index (χ1n) is 3.86. The van der Waals surface area contributed by atoms with Crippen molar-refractivity contribution in [1.82, 2.24) is 0 Å². The molecule has 0 amide bonds. The SMILES string of the molecule is CCC(CC)C12OP(=O)(O1)O2. The van der Waals surface area contributed by atoms with Gasteiger partial charge in [-0.2, -0.15) is 0 Å². The molecule has 3 aliphatic heterocycles. The summed E-state index contributed by atoms with van der Waals surface area (Å²) in [6.07, 6.45) is 1.83. The third-order valence-electron chi connectivity index (χ3n) is 2.20. The first-order valence-corrected chi connectivity index (χ1v) is 5.32. The molecular formula is C6H11O4P. The lowest BCUT2D eigenvalue weighted by atomic mass is 10.0. The van der Waals surface area contributed by atoms with Gasteiger partial charge in [0.15, 0.2) is 0 Å². The summed E-state index contributed by atoms with van der Waals surface area (Å²) < 4.78 is 25.7. The van der Waals surface area contributed by atoms with E-state index in [1.165, 1.54) is 0 Å². The molecule has 3 rings (SSSR count). The topological polar surface area (TPSA) is 44.8 Å². The molecule has 0 N–H and O–H groups in total. The maximum atomic E-state index is 10.8. The Morgan fingerprint density at radius 1 is 1.27 bits per heavy atom. The largest absolute Gasteiger partial charge is 0.488 e. The molecule has 11 heavy (non-hydrogen) atoms. The molecule has 2 bridgehead atoms. The molecule has 3 saturated heterocycles. The highest BCUT2D eigenvalue weighted by atomic mass is 31.2. The minimum atomic E-state index is -2.97. The lowest BCUT2D eigenvalue weighted by molar-refractivity contribution is -0.451. The summed E-state index contributed by atoms with van der Waals surface area (Å²) in [5.74, 6) is -0.711. The van der Waals surface area contributed by atoms with Gasteiger partial charge in [-0.3, -0.25) is 0 Å². The maximum Gasteiger partial charge on any atom is 0.488 e. The van der Waals surface area contributed by atoms with E-state index in [9.17, 15) is 4.57 Å². The van der Waals surface area contributed by atoms with Crippen molar-refractivity contribution in [1.29, 1.82) is 0 Å². The number of hydrogen-bond donors (Lipinski definition) is 0. The second kappa shape index (κ2) is 2.07. The van der Waals surface area contributed by atoms with Crippen LogP contribution in [0, 0.1) is 5.92 Å². The highest BCUT2D eigenvalue weighted by Crippen LogP contribution is 2.82. The highest BCUT2D eigenvalue weighted by Gasteiger charge is 2.76. The van der Waals surface area contributed by atoms with Gasteiger partial charge in [-0.25, -0.2) is 18.1 Å². The van der Waals surface area contributed by atoms with Gasteiger partial charge in [-0.15, -0.1) is 0 Å². The average molecular weight is 178 g/mol. The number of hydrogen-bond acceptors (Lipinski definition) is 4. The van der Waals surface area contributed by atoms with E-state index in [0.29, 0.717) is 0 Å². The molecule has 0 unspecified atom stereocenters. The fourth-order valence-corrected chi connectivity index (χ4v) is 2.92. The molecule has 0 aliphatic carbocycles. The Morgan fingerprint density at radius 3 is 2.00 bits per heavy atom. The molecule has 4 nitrogen and oxygen atoms in total. The molecule has 3 fully saturated rings. The smallest absolute Gasteiger partial charge is 0.227 e. The average Bonchev–Trinajstić information content (AvgIpc) is 1.84. The molecule has 0 atom stereocenters. The lowest BCUT2D eigenvalue weighted by Gasteiger charge is -2.58. The first kappa shape index (κ1) is 7.74. The van der Waals surface area contributed by atoms with Gasteiger partial charge in [0.2, 0.25) is 0 Å². The summed E-state index contributed by atoms with van der Waals surface area (Å²) in [5, 5.41) is 0. The standard InChI is InChI=1S/C6H11O4P/c1-3-5(4-2)6-8-11(7,9-6)10-6/h5H,3-4H2,1-2H3. The Bertz CT molecular complexity index is 196. The summed E-state index contributed by atoms with van der Waals surface area (Å²) in [4.78, 5) is 0. The van der Waals surface area contributed by atoms with Crippen molar-refractivity contribution >= 4 is 7.82 Å². The van der Waals surface area contributed by atoms with E-state index in [1.807, 2.05) is 13.8 Å². The molecule has 0 radical (unpaired) electrons. The Morgan fingerprint density at radius 2 is 1.73 bits per heavy atom. The summed E-state index contributed by atoms with van der Waals surface area (Å²) in [7, 11) is -2.97. The van der Waals surface area contributed by atoms with Gasteiger partial charge in [-0.1, -0.05) is 13.8 Å². The van der Waals surface area contributed by atoms with Crippen molar-refractivity contribution in [3.05, 3.63) is 0 Å². The summed E-state index contributed by atoms with van der Waals surface area (Å²) in [6, 6.07) is 0. The van der Waals surface area contributed by atoms with Crippen LogP contribution in [-0.4, -0.2) is 5.97 Å². The molecule has 0 aromatic rings. The second-order valence-corrected chi connectivity index (χ2v) is 4.28. The normalized spacial score (nSPS) is 46.8. The van der Waals surface area contributed by atoms with Crippen LogP contribution >= 0.6 is 7.82 Å². The molecule has 0 spiro atoms. The van der Waals surface area contributed by atoms with Crippen molar-refractivity contribution in [2.75, 3.05) is 0 Å². The Labute approximate surface area is 65.4 Å². The number of phosphoric ester groups is 1. The van der Waals surface area contributed by atoms with E-state index in [-0.39, 0.29) is 5.92 Å². The summed E-state index contributed by atoms with van der Waals surface area (Å²) in [6.45, 7) is 4.06. The summed E-state index contributed by atoms with van der Waals surface area (Å²) >= 11 is 0. The zero-order valence-corrected chi connectivity index (χ0v) is 7.47. The Balaban J connectivity index is 2.02. The van der Waals surface area contributed by atoms with Gasteiger partial charge >= 0.3 is 13.8 Å². The van der Waals surface area contributed by atoms with Crippen LogP contribution in [0.5, 0.6) is 0 Å². The van der Waals surface area contributed by atoms with Gasteiger partial charge in [0.25, 0.3) is 0 Å². The van der Waals surface area contributed by atoms with Crippen LogP contribution in [0.15, 0.2) is 0 Å². The van der Waals surface area contributed by atoms with Crippen LogP contribution in [0.2, 0.25) is 0 Å². The van der Waals surface area contributed by atoms with Crippen LogP contribution in [0.4, 0.5) is 0 Å². The van der Waals surface area contributed by atoms with E-state index in [0.717, 1.165) is 12.8 Å². The highest BCUT2D eigenvalue weighted by molar-refractivity contribution is 7.51. The minimum Gasteiger partial charge on any atom is -0.227 e. The Kier molecular flexibility index (Phi) is 1.46. The van der Waals surface area contributed by atoms with E-state index < -0.39 is 13.8 Å². The fourth-order valence-electron chi connectivity index (χ4n) is 1.50. The lowest BCUT2D eigenvalue weighted by Crippen LogP contribution is -2.61. The molecule has 0 aromatic heterocycles. The van der Waals surface area contributed by atoms with Crippen LogP contribution in [0.3, 0.4) is 0 Å². The van der Waals surface area contributed by atoms with E-state index in [1.54, 1.807) is 0 Å². The van der Waals surface area contributed by atoms with E-state index in [4.69, 9.17) is 13.6 Å². The van der Waals surface area contributed by atoms with Crippen LogP contribution < -0.4 is 0 Å². The zero-order valence-electron chi connectivity index (χ0n) is 6.57. The van der Waals surface area contributed by atoms with Gasteiger partial charge in [0.1, 0.15) is 0 Å². The predicted octanol–water partition coefficient (Wildman–Crippen LogP) is 2.26. The van der Waals surface area contributed by atoms with Gasteiger partial charge in [0.05, 0.1) is 0 Å². The monoisotopic (exact) mass is 178 g/mol. The maximum absolute atomic E-state index is 10.8. The molecule has 0 aromatic carbocycles. The number of phosphoric acid groups is 1. The van der Waals surface area contributed by atoms with Crippen molar-refractivity contribution in [3.63, 3.8) is 0 Å². The predicted molar refractivity (Wildman–Crippen MR) is 37.7 cm³/mol. The van der Waals surface area contributed by atoms with Gasteiger partial charge < -0.3 is 0 Å². The molecule has 3 aliphatic rings. The van der Waals surface area contributed by atoms with Gasteiger partial charge in [-0.05, 0) is 12.8 Å². The summed E-state index contributed by atoms with van der Waals surface area (Å²) in [5.41, 5.74) is 0. The molecule has 5 heteroatoms. The van der Waals surface area contributed by atoms with Gasteiger partial charge in [0, 0.05) is 5.92 Å². The molecule has 64 valence electrons. The van der Waals surface area contributed by atoms with E-state index >= 15 is 0 Å². The van der Waals surface area contributed by atoms with Crippen LogP contribution in [-0.2, 0) is 18.1 Å². The van der Waals surface area contributed by atoms with Crippen LogP contribution in [0.1, 0.15) is 26.7 Å². The Hall–Kier alpha value is 0.110. The van der Waals surface area contributed by atoms with Crippen molar-refractivity contribution in [2.45, 2.75) is 32.7 Å². The van der Waals surface area contributed by atoms with Crippen molar-refractivity contribution in [2.24, 2.45) is 5.92 Å². The van der Waals surface area contributed by atoms with Crippen molar-refractivity contribution < 1.29 is 18.1 Å². The first-order chi connectivity index (χ1) is 5.14. The van der Waals surface area contributed by atoms with E-state index in [2.05, 4.69) is 0 Å². The van der Waals surface area contributed by atoms with Crippen molar-refractivity contribution in [3.8, 4) is 0 Å². The quantitative estimate of drug-likeness (QED) is 0.622. The van der Waals surface area contributed by atoms with Crippen LogP contribution in [0.25, 0.3) is 0 Å². The molecule has 0 saturated carbocycles. The fraction of sp³-hybridized carbons (Fsp3) is 1.00. The third kappa shape index (κ3) is 0.842. The third-order valence-corrected chi connectivity index (χ3v) is 3.64.